The van der Waals surface area contributed by atoms with Gasteiger partial charge in [0.1, 0.15) is 5.82 Å². The Morgan fingerprint density at radius 3 is 2.16 bits per heavy atom. The monoisotopic (exact) mass is 454 g/mol. The van der Waals surface area contributed by atoms with Crippen LogP contribution in [0.5, 0.6) is 0 Å². The lowest BCUT2D eigenvalue weighted by Crippen LogP contribution is -2.49. The molecule has 1 N–H and O–H groups in total. The Balaban J connectivity index is 1.36. The molecule has 4 rings (SSSR count). The fourth-order valence-electron chi connectivity index (χ4n) is 3.33. The van der Waals surface area contributed by atoms with Crippen LogP contribution in [0.2, 0.25) is 0 Å². The highest BCUT2D eigenvalue weighted by molar-refractivity contribution is 7.89. The summed E-state index contributed by atoms with van der Waals surface area (Å²) in [6.07, 6.45) is -1.95. The predicted octanol–water partition coefficient (Wildman–Crippen LogP) is 2.50. The number of anilines is 1. The molecule has 166 valence electrons. The largest absolute Gasteiger partial charge is 0.417 e. The first-order chi connectivity index (χ1) is 14.6. The van der Waals surface area contributed by atoms with Gasteiger partial charge in [0.05, 0.1) is 10.5 Å². The molecule has 2 aromatic rings. The van der Waals surface area contributed by atoms with Gasteiger partial charge >= 0.3 is 6.18 Å². The standard InChI is InChI=1S/C20H21F3N4O3S/c21-20(22,23)15-3-8-18(24-13-15)26-9-11-27(12-10-26)19(28)14-1-6-17(7-2-14)31(29,30)25-16-4-5-16/h1-3,6-8,13,16,25H,4-5,9-12H2. The second-order valence-corrected chi connectivity index (χ2v) is 9.32. The Hall–Kier alpha value is -2.66. The molecule has 1 amide bonds. The molecule has 0 bridgehead atoms. The number of sulfonamides is 1. The van der Waals surface area contributed by atoms with Crippen molar-refractivity contribution < 1.29 is 26.4 Å². The fourth-order valence-corrected chi connectivity index (χ4v) is 4.63. The third-order valence-electron chi connectivity index (χ3n) is 5.28. The number of aromatic nitrogens is 1. The van der Waals surface area contributed by atoms with Gasteiger partial charge in [-0.3, -0.25) is 4.79 Å². The number of halogens is 3. The van der Waals surface area contributed by atoms with Crippen molar-refractivity contribution in [3.8, 4) is 0 Å². The van der Waals surface area contributed by atoms with Crippen LogP contribution in [-0.2, 0) is 16.2 Å². The van der Waals surface area contributed by atoms with Crippen LogP contribution in [0.1, 0.15) is 28.8 Å². The first-order valence-electron chi connectivity index (χ1n) is 9.83. The van der Waals surface area contributed by atoms with Crippen LogP contribution >= 0.6 is 0 Å². The molecule has 1 aliphatic heterocycles. The molecule has 11 heteroatoms. The number of carbonyl (C=O) groups excluding carboxylic acids is 1. The van der Waals surface area contributed by atoms with Gasteiger partial charge in [-0.1, -0.05) is 0 Å². The number of nitrogens with zero attached hydrogens (tertiary/aromatic N) is 3. The highest BCUT2D eigenvalue weighted by atomic mass is 32.2. The van der Waals surface area contributed by atoms with Crippen molar-refractivity contribution in [3.63, 3.8) is 0 Å². The third kappa shape index (κ3) is 4.99. The van der Waals surface area contributed by atoms with E-state index >= 15 is 0 Å². The van der Waals surface area contributed by atoms with Crippen molar-refractivity contribution in [1.82, 2.24) is 14.6 Å². The third-order valence-corrected chi connectivity index (χ3v) is 6.81. The Morgan fingerprint density at radius 1 is 1.00 bits per heavy atom. The lowest BCUT2D eigenvalue weighted by atomic mass is 10.2. The SMILES string of the molecule is O=C(c1ccc(S(=O)(=O)NC2CC2)cc1)N1CCN(c2ccc(C(F)(F)F)cn2)CC1. The molecule has 1 aliphatic carbocycles. The zero-order valence-corrected chi connectivity index (χ0v) is 17.3. The molecular weight excluding hydrogens is 433 g/mol. The van der Waals surface area contributed by atoms with Gasteiger partial charge in [0.25, 0.3) is 5.91 Å². The molecule has 0 radical (unpaired) electrons. The second kappa shape index (κ2) is 8.12. The van der Waals surface area contributed by atoms with Gasteiger partial charge in [-0.05, 0) is 49.2 Å². The maximum Gasteiger partial charge on any atom is 0.417 e. The predicted molar refractivity (Wildman–Crippen MR) is 107 cm³/mol. The van der Waals surface area contributed by atoms with Crippen LogP contribution in [-0.4, -0.2) is 56.4 Å². The molecular formula is C20H21F3N4O3S. The number of amides is 1. The van der Waals surface area contributed by atoms with Crippen molar-refractivity contribution in [1.29, 1.82) is 0 Å². The quantitative estimate of drug-likeness (QED) is 0.751. The number of piperazine rings is 1. The molecule has 0 unspecified atom stereocenters. The van der Waals surface area contributed by atoms with Crippen LogP contribution in [0.15, 0.2) is 47.5 Å². The number of nitrogens with one attached hydrogen (secondary N) is 1. The Labute approximate surface area is 177 Å². The number of hydrogen-bond donors (Lipinski definition) is 1. The van der Waals surface area contributed by atoms with E-state index in [-0.39, 0.29) is 16.8 Å². The van der Waals surface area contributed by atoms with Gasteiger partial charge in [0.15, 0.2) is 0 Å². The number of hydrogen-bond acceptors (Lipinski definition) is 5. The molecule has 31 heavy (non-hydrogen) atoms. The zero-order valence-electron chi connectivity index (χ0n) is 16.5. The van der Waals surface area contributed by atoms with Gasteiger partial charge < -0.3 is 9.80 Å². The first kappa shape index (κ1) is 21.6. The minimum Gasteiger partial charge on any atom is -0.353 e. The minimum absolute atomic E-state index is 0.00163. The molecule has 2 fully saturated rings. The summed E-state index contributed by atoms with van der Waals surface area (Å²) < 4.78 is 65.1. The minimum atomic E-state index is -4.43. The summed E-state index contributed by atoms with van der Waals surface area (Å²) in [5, 5.41) is 0. The van der Waals surface area contributed by atoms with Gasteiger partial charge in [-0.15, -0.1) is 0 Å². The summed E-state index contributed by atoms with van der Waals surface area (Å²) in [4.78, 5) is 20.2. The molecule has 1 aromatic carbocycles. The summed E-state index contributed by atoms with van der Waals surface area (Å²) in [6, 6.07) is 8.14. The van der Waals surface area contributed by atoms with E-state index in [2.05, 4.69) is 9.71 Å². The van der Waals surface area contributed by atoms with E-state index in [4.69, 9.17) is 0 Å². The number of pyridine rings is 1. The van der Waals surface area contributed by atoms with Crippen LogP contribution < -0.4 is 9.62 Å². The Morgan fingerprint density at radius 2 is 1.65 bits per heavy atom. The Kier molecular flexibility index (Phi) is 5.65. The van der Waals surface area contributed by atoms with Crippen molar-refractivity contribution in [3.05, 3.63) is 53.7 Å². The molecule has 0 spiro atoms. The van der Waals surface area contributed by atoms with Gasteiger partial charge in [0, 0.05) is 44.0 Å². The van der Waals surface area contributed by atoms with Gasteiger partial charge in [0.2, 0.25) is 10.0 Å². The van der Waals surface area contributed by atoms with Gasteiger partial charge in [-0.2, -0.15) is 13.2 Å². The van der Waals surface area contributed by atoms with Crippen molar-refractivity contribution in [2.75, 3.05) is 31.1 Å². The second-order valence-electron chi connectivity index (χ2n) is 7.60. The molecule has 1 aromatic heterocycles. The molecule has 7 nitrogen and oxygen atoms in total. The summed E-state index contributed by atoms with van der Waals surface area (Å²) in [5.74, 6) is 0.206. The summed E-state index contributed by atoms with van der Waals surface area (Å²) in [5.41, 5.74) is -0.422. The lowest BCUT2D eigenvalue weighted by Gasteiger charge is -2.35. The summed E-state index contributed by atoms with van der Waals surface area (Å²) >= 11 is 0. The van der Waals surface area contributed by atoms with Crippen LogP contribution in [0, 0.1) is 0 Å². The van der Waals surface area contributed by atoms with E-state index in [9.17, 15) is 26.4 Å². The van der Waals surface area contributed by atoms with E-state index in [1.807, 2.05) is 4.90 Å². The van der Waals surface area contributed by atoms with Crippen molar-refractivity contribution in [2.45, 2.75) is 30.0 Å². The maximum atomic E-state index is 12.7. The van der Waals surface area contributed by atoms with Crippen LogP contribution in [0.3, 0.4) is 0 Å². The topological polar surface area (TPSA) is 82.6 Å². The normalized spacial score (nSPS) is 17.6. The fraction of sp³-hybridized carbons (Fsp3) is 0.400. The first-order valence-corrected chi connectivity index (χ1v) is 11.3. The number of alkyl halides is 3. The number of carbonyl (C=O) groups is 1. The van der Waals surface area contributed by atoms with Crippen LogP contribution in [0.4, 0.5) is 19.0 Å². The lowest BCUT2D eigenvalue weighted by molar-refractivity contribution is -0.137. The zero-order chi connectivity index (χ0) is 22.2. The molecule has 1 saturated heterocycles. The molecule has 2 aliphatic rings. The van der Waals surface area contributed by atoms with E-state index in [1.54, 1.807) is 4.90 Å². The highest BCUT2D eigenvalue weighted by Crippen LogP contribution is 2.29. The van der Waals surface area contributed by atoms with Crippen LogP contribution in [0.25, 0.3) is 0 Å². The van der Waals surface area contributed by atoms with E-state index < -0.39 is 21.8 Å². The Bertz CT molecular complexity index is 1040. The smallest absolute Gasteiger partial charge is 0.353 e. The highest BCUT2D eigenvalue weighted by Gasteiger charge is 2.31. The summed E-state index contributed by atoms with van der Waals surface area (Å²) in [6.45, 7) is 1.62. The van der Waals surface area contributed by atoms with Gasteiger partial charge in [-0.25, -0.2) is 18.1 Å². The van der Waals surface area contributed by atoms with Crippen molar-refractivity contribution in [2.24, 2.45) is 0 Å². The average molecular weight is 454 g/mol. The van der Waals surface area contributed by atoms with E-state index in [0.29, 0.717) is 37.6 Å². The maximum absolute atomic E-state index is 12.7. The summed E-state index contributed by atoms with van der Waals surface area (Å²) in [7, 11) is -3.57. The average Bonchev–Trinajstić information content (AvgIpc) is 3.56. The van der Waals surface area contributed by atoms with E-state index in [1.165, 1.54) is 30.3 Å². The van der Waals surface area contributed by atoms with E-state index in [0.717, 1.165) is 25.1 Å². The molecule has 0 atom stereocenters. The number of rotatable bonds is 5. The number of benzene rings is 1. The molecule has 1 saturated carbocycles. The molecule has 2 heterocycles. The van der Waals surface area contributed by atoms with Crippen molar-refractivity contribution >= 4 is 21.7 Å².